The number of halogens is 1. The molecule has 0 bridgehead atoms. The number of carboxylic acid groups (broad SMARTS) is 1. The third-order valence-electron chi connectivity index (χ3n) is 2.08. The van der Waals surface area contributed by atoms with Gasteiger partial charge in [0.05, 0.1) is 12.1 Å². The molecule has 0 spiro atoms. The fraction of sp³-hybridized carbons (Fsp3) is 0.182. The number of carboxylic acids is 1. The van der Waals surface area contributed by atoms with Crippen molar-refractivity contribution in [1.29, 1.82) is 0 Å². The first kappa shape index (κ1) is 13.5. The lowest BCUT2D eigenvalue weighted by Gasteiger charge is -1.95. The minimum absolute atomic E-state index is 0.0256. The van der Waals surface area contributed by atoms with Crippen molar-refractivity contribution >= 4 is 45.0 Å². The highest BCUT2D eigenvalue weighted by Gasteiger charge is 2.12. The molecule has 0 radical (unpaired) electrons. The smallest absolute Gasteiger partial charge is 0.308 e. The largest absolute Gasteiger partial charge is 0.481 e. The van der Waals surface area contributed by atoms with Crippen molar-refractivity contribution in [2.75, 3.05) is 0 Å². The molecule has 7 heteroatoms. The second-order valence-electron chi connectivity index (χ2n) is 3.48. The average Bonchev–Trinajstić information content (AvgIpc) is 2.62. The molecule has 94 valence electrons. The van der Waals surface area contributed by atoms with E-state index in [1.54, 1.807) is 6.20 Å². The highest BCUT2D eigenvalue weighted by Crippen LogP contribution is 2.32. The molecule has 2 rings (SSSR count). The van der Waals surface area contributed by atoms with Crippen LogP contribution in [0.25, 0.3) is 0 Å². The van der Waals surface area contributed by atoms with Gasteiger partial charge in [-0.1, -0.05) is 0 Å². The molecular formula is C11H9BrN2O2S2. The van der Waals surface area contributed by atoms with Crippen molar-refractivity contribution in [2.45, 2.75) is 22.7 Å². The molecule has 2 heterocycles. The van der Waals surface area contributed by atoms with Gasteiger partial charge in [-0.25, -0.2) is 9.97 Å². The average molecular weight is 345 g/mol. The molecule has 18 heavy (non-hydrogen) atoms. The number of hydrogen-bond donors (Lipinski definition) is 1. The van der Waals surface area contributed by atoms with Gasteiger partial charge in [-0.05, 0) is 46.7 Å². The molecule has 0 saturated carbocycles. The fourth-order valence-electron chi connectivity index (χ4n) is 1.26. The summed E-state index contributed by atoms with van der Waals surface area (Å²) in [6, 6.07) is 3.80. The van der Waals surface area contributed by atoms with Crippen molar-refractivity contribution in [3.05, 3.63) is 33.4 Å². The van der Waals surface area contributed by atoms with Gasteiger partial charge in [0.25, 0.3) is 0 Å². The normalized spacial score (nSPS) is 10.6. The number of hydrogen-bond acceptors (Lipinski definition) is 5. The molecule has 0 fully saturated rings. The molecule has 0 aliphatic rings. The van der Waals surface area contributed by atoms with Gasteiger partial charge in [0.2, 0.25) is 0 Å². The number of rotatable bonds is 4. The van der Waals surface area contributed by atoms with Crippen LogP contribution >= 0.6 is 39.0 Å². The Morgan fingerprint density at radius 3 is 2.94 bits per heavy atom. The standard InChI is InChI=1S/C11H9BrN2O2S2/c1-6-8(4-10(15)16)17-11(14-6)18-9-3-2-7(12)5-13-9/h2-3,5H,4H2,1H3,(H,15,16). The molecular weight excluding hydrogens is 336 g/mol. The Hall–Kier alpha value is -0.920. The summed E-state index contributed by atoms with van der Waals surface area (Å²) in [4.78, 5) is 20.1. The van der Waals surface area contributed by atoms with E-state index in [2.05, 4.69) is 25.9 Å². The number of aromatic nitrogens is 2. The Morgan fingerprint density at radius 1 is 1.56 bits per heavy atom. The van der Waals surface area contributed by atoms with Crippen molar-refractivity contribution in [3.8, 4) is 0 Å². The van der Waals surface area contributed by atoms with Crippen LogP contribution in [0.3, 0.4) is 0 Å². The summed E-state index contributed by atoms with van der Waals surface area (Å²) in [5.41, 5.74) is 0.780. The molecule has 0 unspecified atom stereocenters. The first-order valence-corrected chi connectivity index (χ1v) is 7.44. The summed E-state index contributed by atoms with van der Waals surface area (Å²) in [7, 11) is 0. The topological polar surface area (TPSA) is 63.1 Å². The van der Waals surface area contributed by atoms with Gasteiger partial charge in [0, 0.05) is 15.5 Å². The zero-order valence-corrected chi connectivity index (χ0v) is 12.6. The van der Waals surface area contributed by atoms with E-state index < -0.39 is 5.97 Å². The Bertz CT molecular complexity index is 569. The minimum atomic E-state index is -0.833. The maximum Gasteiger partial charge on any atom is 0.308 e. The van der Waals surface area contributed by atoms with Gasteiger partial charge in [-0.2, -0.15) is 0 Å². The summed E-state index contributed by atoms with van der Waals surface area (Å²) in [6.07, 6.45) is 1.75. The van der Waals surface area contributed by atoms with Crippen molar-refractivity contribution < 1.29 is 9.90 Å². The van der Waals surface area contributed by atoms with Crippen LogP contribution in [-0.4, -0.2) is 21.0 Å². The third-order valence-corrected chi connectivity index (χ3v) is 4.71. The monoisotopic (exact) mass is 344 g/mol. The highest BCUT2D eigenvalue weighted by atomic mass is 79.9. The SMILES string of the molecule is Cc1nc(Sc2ccc(Br)cn2)sc1CC(=O)O. The molecule has 4 nitrogen and oxygen atoms in total. The molecule has 0 atom stereocenters. The van der Waals surface area contributed by atoms with Gasteiger partial charge in [-0.15, -0.1) is 11.3 Å². The van der Waals surface area contributed by atoms with E-state index >= 15 is 0 Å². The molecule has 1 N–H and O–H groups in total. The van der Waals surface area contributed by atoms with Crippen LogP contribution in [0.2, 0.25) is 0 Å². The fourth-order valence-corrected chi connectivity index (χ4v) is 3.60. The Balaban J connectivity index is 2.14. The van der Waals surface area contributed by atoms with Crippen LogP contribution in [0.5, 0.6) is 0 Å². The summed E-state index contributed by atoms with van der Waals surface area (Å²) >= 11 is 6.17. The summed E-state index contributed by atoms with van der Waals surface area (Å²) < 4.78 is 1.74. The first-order chi connectivity index (χ1) is 8.54. The molecule has 2 aromatic heterocycles. The summed E-state index contributed by atoms with van der Waals surface area (Å²) in [5.74, 6) is -0.833. The van der Waals surface area contributed by atoms with Gasteiger partial charge in [0.15, 0.2) is 4.34 Å². The maximum absolute atomic E-state index is 10.7. The van der Waals surface area contributed by atoms with Crippen LogP contribution in [0, 0.1) is 6.92 Å². The quantitative estimate of drug-likeness (QED) is 0.920. The van der Waals surface area contributed by atoms with Gasteiger partial charge < -0.3 is 5.11 Å². The maximum atomic E-state index is 10.7. The number of thiazole rings is 1. The number of aryl methyl sites for hydroxylation is 1. The second kappa shape index (κ2) is 5.81. The Kier molecular flexibility index (Phi) is 4.36. The molecule has 0 aliphatic heterocycles. The van der Waals surface area contributed by atoms with Crippen LogP contribution in [0.1, 0.15) is 10.6 Å². The van der Waals surface area contributed by atoms with E-state index in [4.69, 9.17) is 5.11 Å². The lowest BCUT2D eigenvalue weighted by molar-refractivity contribution is -0.136. The highest BCUT2D eigenvalue weighted by molar-refractivity contribution is 9.10. The summed E-state index contributed by atoms with van der Waals surface area (Å²) in [5, 5.41) is 9.62. The summed E-state index contributed by atoms with van der Waals surface area (Å²) in [6.45, 7) is 1.83. The molecule has 0 saturated heterocycles. The number of carbonyl (C=O) groups is 1. The van der Waals surface area contributed by atoms with E-state index in [1.807, 2.05) is 19.1 Å². The van der Waals surface area contributed by atoms with Crippen molar-refractivity contribution in [1.82, 2.24) is 9.97 Å². The van der Waals surface area contributed by atoms with Crippen LogP contribution in [0.4, 0.5) is 0 Å². The van der Waals surface area contributed by atoms with E-state index in [1.165, 1.54) is 23.1 Å². The molecule has 0 aromatic carbocycles. The van der Waals surface area contributed by atoms with E-state index in [0.717, 1.165) is 24.4 Å². The Labute approximate surface area is 121 Å². The Morgan fingerprint density at radius 2 is 2.33 bits per heavy atom. The van der Waals surface area contributed by atoms with E-state index in [-0.39, 0.29) is 6.42 Å². The van der Waals surface area contributed by atoms with Gasteiger partial charge in [-0.3, -0.25) is 4.79 Å². The van der Waals surface area contributed by atoms with Crippen LogP contribution in [-0.2, 0) is 11.2 Å². The minimum Gasteiger partial charge on any atom is -0.481 e. The third kappa shape index (κ3) is 3.54. The first-order valence-electron chi connectivity index (χ1n) is 5.02. The van der Waals surface area contributed by atoms with Crippen LogP contribution in [0.15, 0.2) is 32.2 Å². The lowest BCUT2D eigenvalue weighted by atomic mass is 10.3. The number of pyridine rings is 1. The second-order valence-corrected chi connectivity index (χ2v) is 6.74. The predicted octanol–water partition coefficient (Wildman–Crippen LogP) is 3.39. The zero-order valence-electron chi connectivity index (χ0n) is 9.38. The van der Waals surface area contributed by atoms with E-state index in [0.29, 0.717) is 0 Å². The van der Waals surface area contributed by atoms with Gasteiger partial charge in [0.1, 0.15) is 5.03 Å². The zero-order chi connectivity index (χ0) is 13.1. The lowest BCUT2D eigenvalue weighted by Crippen LogP contribution is -1.99. The predicted molar refractivity (Wildman–Crippen MR) is 74.3 cm³/mol. The van der Waals surface area contributed by atoms with Gasteiger partial charge >= 0.3 is 5.97 Å². The molecule has 2 aromatic rings. The van der Waals surface area contributed by atoms with Crippen molar-refractivity contribution in [3.63, 3.8) is 0 Å². The van der Waals surface area contributed by atoms with Crippen molar-refractivity contribution in [2.24, 2.45) is 0 Å². The van der Waals surface area contributed by atoms with Crippen LogP contribution < -0.4 is 0 Å². The molecule has 0 amide bonds. The number of nitrogens with zero attached hydrogens (tertiary/aromatic N) is 2. The number of aliphatic carboxylic acids is 1. The molecule has 0 aliphatic carbocycles. The van der Waals surface area contributed by atoms with E-state index in [9.17, 15) is 4.79 Å².